The monoisotopic (exact) mass is 407 g/mol. The summed E-state index contributed by atoms with van der Waals surface area (Å²) in [6.07, 6.45) is -1.54. The van der Waals surface area contributed by atoms with Crippen LogP contribution in [-0.4, -0.2) is 37.1 Å². The fourth-order valence-electron chi connectivity index (χ4n) is 2.39. The van der Waals surface area contributed by atoms with Crippen molar-refractivity contribution >= 4 is 23.4 Å². The van der Waals surface area contributed by atoms with Gasteiger partial charge in [0.25, 0.3) is 0 Å². The largest absolute Gasteiger partial charge is 0.406 e. The zero-order valence-corrected chi connectivity index (χ0v) is 15.5. The van der Waals surface area contributed by atoms with Crippen molar-refractivity contribution in [2.75, 3.05) is 5.32 Å². The smallest absolute Gasteiger partial charge is 0.325 e. The molecule has 0 spiro atoms. The molecule has 0 aliphatic rings. The molecule has 0 radical (unpaired) electrons. The van der Waals surface area contributed by atoms with Gasteiger partial charge in [0, 0.05) is 23.6 Å². The summed E-state index contributed by atoms with van der Waals surface area (Å²) in [6, 6.07) is 11.9. The van der Waals surface area contributed by atoms with E-state index in [0.717, 1.165) is 16.3 Å². The van der Waals surface area contributed by atoms with E-state index in [1.165, 1.54) is 12.4 Å². The number of alkyl halides is 3. The summed E-state index contributed by atoms with van der Waals surface area (Å²) in [5.74, 6) is -0.277. The SMILES string of the molecule is CC(Sc1nnc(-c2ccncc2)n1CC(F)(F)F)C(=O)Nc1ccccc1. The van der Waals surface area contributed by atoms with Gasteiger partial charge in [-0.2, -0.15) is 13.2 Å². The third-order valence-electron chi connectivity index (χ3n) is 3.69. The first-order chi connectivity index (χ1) is 13.3. The van der Waals surface area contributed by atoms with E-state index in [4.69, 9.17) is 0 Å². The molecule has 2 heterocycles. The van der Waals surface area contributed by atoms with Crippen molar-refractivity contribution in [3.63, 3.8) is 0 Å². The maximum atomic E-state index is 13.1. The Bertz CT molecular complexity index is 931. The number of para-hydroxylation sites is 1. The second kappa shape index (κ2) is 8.42. The lowest BCUT2D eigenvalue weighted by Gasteiger charge is -2.15. The van der Waals surface area contributed by atoms with Crippen molar-refractivity contribution in [1.82, 2.24) is 19.7 Å². The number of carbonyl (C=O) groups is 1. The molecule has 0 aliphatic heterocycles. The van der Waals surface area contributed by atoms with Crippen LogP contribution in [-0.2, 0) is 11.3 Å². The summed E-state index contributed by atoms with van der Waals surface area (Å²) in [4.78, 5) is 16.2. The number of benzene rings is 1. The number of thioether (sulfide) groups is 1. The highest BCUT2D eigenvalue weighted by molar-refractivity contribution is 8.00. The van der Waals surface area contributed by atoms with Gasteiger partial charge in [0.2, 0.25) is 5.91 Å². The highest BCUT2D eigenvalue weighted by Crippen LogP contribution is 2.30. The lowest BCUT2D eigenvalue weighted by molar-refractivity contribution is -0.141. The Kier molecular flexibility index (Phi) is 5.98. The minimum Gasteiger partial charge on any atom is -0.325 e. The van der Waals surface area contributed by atoms with Crippen LogP contribution in [0.4, 0.5) is 18.9 Å². The fourth-order valence-corrected chi connectivity index (χ4v) is 3.24. The van der Waals surface area contributed by atoms with Gasteiger partial charge in [0.1, 0.15) is 6.54 Å². The molecule has 2 aromatic heterocycles. The molecule has 28 heavy (non-hydrogen) atoms. The van der Waals surface area contributed by atoms with Crippen LogP contribution in [0, 0.1) is 0 Å². The van der Waals surface area contributed by atoms with Gasteiger partial charge in [-0.15, -0.1) is 10.2 Å². The number of hydrogen-bond donors (Lipinski definition) is 1. The minimum atomic E-state index is -4.46. The number of aromatic nitrogens is 4. The van der Waals surface area contributed by atoms with E-state index < -0.39 is 18.0 Å². The lowest BCUT2D eigenvalue weighted by Crippen LogP contribution is -2.24. The number of rotatable bonds is 6. The van der Waals surface area contributed by atoms with Crippen molar-refractivity contribution in [1.29, 1.82) is 0 Å². The summed E-state index contributed by atoms with van der Waals surface area (Å²) in [5.41, 5.74) is 1.06. The maximum Gasteiger partial charge on any atom is 0.406 e. The van der Waals surface area contributed by atoms with E-state index in [2.05, 4.69) is 20.5 Å². The molecule has 1 aromatic carbocycles. The normalized spacial score (nSPS) is 12.6. The molecular formula is C18H16F3N5OS. The van der Waals surface area contributed by atoms with Crippen molar-refractivity contribution in [3.8, 4) is 11.4 Å². The van der Waals surface area contributed by atoms with Crippen LogP contribution in [0.1, 0.15) is 6.92 Å². The summed E-state index contributed by atoms with van der Waals surface area (Å²) >= 11 is 0.915. The number of amides is 1. The number of anilines is 1. The molecule has 3 rings (SSSR count). The first-order valence-corrected chi connectivity index (χ1v) is 9.14. The molecule has 1 amide bonds. The van der Waals surface area contributed by atoms with Gasteiger partial charge in [-0.1, -0.05) is 30.0 Å². The van der Waals surface area contributed by atoms with E-state index in [1.807, 2.05) is 6.07 Å². The molecule has 0 fully saturated rings. The molecule has 0 saturated heterocycles. The van der Waals surface area contributed by atoms with E-state index in [1.54, 1.807) is 43.3 Å². The first-order valence-electron chi connectivity index (χ1n) is 8.26. The predicted octanol–water partition coefficient (Wildman–Crippen LogP) is 4.02. The summed E-state index contributed by atoms with van der Waals surface area (Å²) in [7, 11) is 0. The summed E-state index contributed by atoms with van der Waals surface area (Å²) < 4.78 is 40.3. The summed E-state index contributed by atoms with van der Waals surface area (Å²) in [5, 5.41) is 9.84. The molecule has 0 bridgehead atoms. The van der Waals surface area contributed by atoms with Crippen LogP contribution in [0.15, 0.2) is 60.0 Å². The zero-order chi connectivity index (χ0) is 20.1. The molecule has 146 valence electrons. The topological polar surface area (TPSA) is 72.7 Å². The molecule has 1 atom stereocenters. The van der Waals surface area contributed by atoms with E-state index in [-0.39, 0.29) is 16.9 Å². The molecular weight excluding hydrogens is 391 g/mol. The van der Waals surface area contributed by atoms with Gasteiger partial charge in [0.05, 0.1) is 5.25 Å². The number of nitrogens with one attached hydrogen (secondary N) is 1. The van der Waals surface area contributed by atoms with Crippen LogP contribution in [0.3, 0.4) is 0 Å². The van der Waals surface area contributed by atoms with Gasteiger partial charge in [0.15, 0.2) is 11.0 Å². The van der Waals surface area contributed by atoms with Gasteiger partial charge in [-0.25, -0.2) is 0 Å². The molecule has 0 aliphatic carbocycles. The number of nitrogens with zero attached hydrogens (tertiary/aromatic N) is 4. The third-order valence-corrected chi connectivity index (χ3v) is 4.77. The van der Waals surface area contributed by atoms with Crippen molar-refractivity contribution in [3.05, 3.63) is 54.9 Å². The number of carbonyl (C=O) groups excluding carboxylic acids is 1. The van der Waals surface area contributed by atoms with E-state index in [0.29, 0.717) is 11.3 Å². The van der Waals surface area contributed by atoms with Gasteiger partial charge in [-0.05, 0) is 31.2 Å². The van der Waals surface area contributed by atoms with Crippen LogP contribution < -0.4 is 5.32 Å². The number of hydrogen-bond acceptors (Lipinski definition) is 5. The fraction of sp³-hybridized carbons (Fsp3) is 0.222. The Morgan fingerprint density at radius 1 is 1.14 bits per heavy atom. The molecule has 1 unspecified atom stereocenters. The number of pyridine rings is 1. The van der Waals surface area contributed by atoms with E-state index >= 15 is 0 Å². The molecule has 0 saturated carbocycles. The summed E-state index contributed by atoms with van der Waals surface area (Å²) in [6.45, 7) is 0.342. The van der Waals surface area contributed by atoms with Crippen molar-refractivity contribution < 1.29 is 18.0 Å². The third kappa shape index (κ3) is 5.10. The molecule has 6 nitrogen and oxygen atoms in total. The van der Waals surface area contributed by atoms with Crippen LogP contribution >= 0.6 is 11.8 Å². The Hall–Kier alpha value is -2.88. The van der Waals surface area contributed by atoms with Crippen molar-refractivity contribution in [2.24, 2.45) is 0 Å². The Balaban J connectivity index is 1.82. The second-order valence-corrected chi connectivity index (χ2v) is 7.17. The maximum absolute atomic E-state index is 13.1. The zero-order valence-electron chi connectivity index (χ0n) is 14.7. The quantitative estimate of drug-likeness (QED) is 0.625. The van der Waals surface area contributed by atoms with Crippen molar-refractivity contribution in [2.45, 2.75) is 30.1 Å². The average molecular weight is 407 g/mol. The minimum absolute atomic E-state index is 0.0137. The second-order valence-electron chi connectivity index (χ2n) is 5.86. The molecule has 10 heteroatoms. The van der Waals surface area contributed by atoms with Crippen LogP contribution in [0.2, 0.25) is 0 Å². The lowest BCUT2D eigenvalue weighted by atomic mass is 10.2. The molecule has 1 N–H and O–H groups in total. The Morgan fingerprint density at radius 3 is 2.46 bits per heavy atom. The average Bonchev–Trinajstić information content (AvgIpc) is 3.03. The first kappa shape index (κ1) is 19.9. The predicted molar refractivity (Wildman–Crippen MR) is 99.7 cm³/mol. The standard InChI is InChI=1S/C18H16F3N5OS/c1-12(16(27)23-14-5-3-2-4-6-14)28-17-25-24-15(13-7-9-22-10-8-13)26(17)11-18(19,20)21/h2-10,12H,11H2,1H3,(H,23,27). The number of halogens is 3. The van der Waals surface area contributed by atoms with E-state index in [9.17, 15) is 18.0 Å². The highest BCUT2D eigenvalue weighted by Gasteiger charge is 2.32. The highest BCUT2D eigenvalue weighted by atomic mass is 32.2. The van der Waals surface area contributed by atoms with Crippen LogP contribution in [0.5, 0.6) is 0 Å². The van der Waals surface area contributed by atoms with Gasteiger partial charge < -0.3 is 5.32 Å². The van der Waals surface area contributed by atoms with Gasteiger partial charge in [-0.3, -0.25) is 14.3 Å². The van der Waals surface area contributed by atoms with Crippen LogP contribution in [0.25, 0.3) is 11.4 Å². The Labute approximate surface area is 163 Å². The van der Waals surface area contributed by atoms with Gasteiger partial charge >= 0.3 is 6.18 Å². The molecule has 3 aromatic rings. The Morgan fingerprint density at radius 2 is 1.82 bits per heavy atom.